The molecule has 2 aromatic heterocycles. The van der Waals surface area contributed by atoms with Gasteiger partial charge in [0.2, 0.25) is 5.89 Å². The molecule has 0 aliphatic heterocycles. The number of hydrogen-bond acceptors (Lipinski definition) is 5. The number of oxazole rings is 1. The third kappa shape index (κ3) is 2.30. The predicted molar refractivity (Wildman–Crippen MR) is 60.3 cm³/mol. The highest BCUT2D eigenvalue weighted by atomic mass is 35.5. The van der Waals surface area contributed by atoms with Gasteiger partial charge in [0, 0.05) is 5.56 Å². The molecule has 0 aromatic carbocycles. The van der Waals surface area contributed by atoms with Crippen LogP contribution in [0.2, 0.25) is 5.15 Å². The Morgan fingerprint density at radius 2 is 2.12 bits per heavy atom. The standard InChI is InChI=1S/C10H11ClN4O/c1-6-3-12-8(16-6)4-13-10-7(2)9(11)14-5-15-10/h3,5H,4H2,1-2H3,(H,13,14,15). The number of nitrogens with zero attached hydrogens (tertiary/aromatic N) is 3. The second-order valence-corrected chi connectivity index (χ2v) is 3.71. The SMILES string of the molecule is Cc1cnc(CNc2ncnc(Cl)c2C)o1. The number of nitrogens with one attached hydrogen (secondary N) is 1. The summed E-state index contributed by atoms with van der Waals surface area (Å²) in [5.74, 6) is 2.09. The predicted octanol–water partition coefficient (Wildman–Crippen LogP) is 2.35. The first kappa shape index (κ1) is 10.9. The quantitative estimate of drug-likeness (QED) is 0.832. The number of hydrogen-bond donors (Lipinski definition) is 1. The Hall–Kier alpha value is -1.62. The summed E-state index contributed by atoms with van der Waals surface area (Å²) in [4.78, 5) is 12.0. The zero-order valence-electron chi connectivity index (χ0n) is 8.99. The van der Waals surface area contributed by atoms with E-state index >= 15 is 0 Å². The third-order valence-electron chi connectivity index (χ3n) is 2.10. The van der Waals surface area contributed by atoms with E-state index in [0.717, 1.165) is 11.3 Å². The van der Waals surface area contributed by atoms with Gasteiger partial charge in [0.25, 0.3) is 0 Å². The minimum absolute atomic E-state index is 0.445. The van der Waals surface area contributed by atoms with E-state index in [1.165, 1.54) is 6.33 Å². The molecule has 6 heteroatoms. The molecule has 0 aliphatic carbocycles. The molecule has 0 saturated carbocycles. The molecule has 0 radical (unpaired) electrons. The van der Waals surface area contributed by atoms with Crippen molar-refractivity contribution < 1.29 is 4.42 Å². The van der Waals surface area contributed by atoms with Gasteiger partial charge in [0.1, 0.15) is 23.1 Å². The van der Waals surface area contributed by atoms with Crippen LogP contribution < -0.4 is 5.32 Å². The van der Waals surface area contributed by atoms with E-state index in [9.17, 15) is 0 Å². The fourth-order valence-corrected chi connectivity index (χ4v) is 1.38. The number of halogens is 1. The molecule has 1 N–H and O–H groups in total. The van der Waals surface area contributed by atoms with Gasteiger partial charge in [0.05, 0.1) is 12.7 Å². The van der Waals surface area contributed by atoms with E-state index < -0.39 is 0 Å². The van der Waals surface area contributed by atoms with Gasteiger partial charge in [0.15, 0.2) is 0 Å². The second kappa shape index (κ2) is 4.49. The molecule has 16 heavy (non-hydrogen) atoms. The van der Waals surface area contributed by atoms with Crippen molar-refractivity contribution in [1.82, 2.24) is 15.0 Å². The molecule has 0 atom stereocenters. The van der Waals surface area contributed by atoms with E-state index in [4.69, 9.17) is 16.0 Å². The van der Waals surface area contributed by atoms with Crippen LogP contribution in [0.15, 0.2) is 16.9 Å². The molecule has 0 spiro atoms. The van der Waals surface area contributed by atoms with Gasteiger partial charge in [-0.25, -0.2) is 15.0 Å². The molecule has 84 valence electrons. The Morgan fingerprint density at radius 1 is 1.31 bits per heavy atom. The van der Waals surface area contributed by atoms with Gasteiger partial charge in [-0.3, -0.25) is 0 Å². The molecule has 0 unspecified atom stereocenters. The van der Waals surface area contributed by atoms with E-state index in [-0.39, 0.29) is 0 Å². The van der Waals surface area contributed by atoms with Gasteiger partial charge < -0.3 is 9.73 Å². The number of aryl methyl sites for hydroxylation is 1. The van der Waals surface area contributed by atoms with Crippen molar-refractivity contribution in [3.8, 4) is 0 Å². The van der Waals surface area contributed by atoms with Crippen molar-refractivity contribution >= 4 is 17.4 Å². The smallest absolute Gasteiger partial charge is 0.213 e. The summed E-state index contributed by atoms with van der Waals surface area (Å²) in [6.45, 7) is 4.18. The fraction of sp³-hybridized carbons (Fsp3) is 0.300. The van der Waals surface area contributed by atoms with E-state index in [1.54, 1.807) is 6.20 Å². The molecule has 0 fully saturated rings. The lowest BCUT2D eigenvalue weighted by Gasteiger charge is -2.06. The van der Waals surface area contributed by atoms with Crippen LogP contribution in [0.3, 0.4) is 0 Å². The number of anilines is 1. The first-order valence-corrected chi connectivity index (χ1v) is 5.17. The van der Waals surface area contributed by atoms with E-state index in [1.807, 2.05) is 13.8 Å². The molecule has 2 rings (SSSR count). The van der Waals surface area contributed by atoms with Crippen LogP contribution in [0, 0.1) is 13.8 Å². The van der Waals surface area contributed by atoms with Crippen LogP contribution in [0.1, 0.15) is 17.2 Å². The van der Waals surface area contributed by atoms with E-state index in [0.29, 0.717) is 23.4 Å². The largest absolute Gasteiger partial charge is 0.444 e. The Labute approximate surface area is 97.9 Å². The molecule has 2 aromatic rings. The van der Waals surface area contributed by atoms with Crippen LogP contribution in [0.25, 0.3) is 0 Å². The number of rotatable bonds is 3. The van der Waals surface area contributed by atoms with Crippen molar-refractivity contribution in [2.45, 2.75) is 20.4 Å². The summed E-state index contributed by atoms with van der Waals surface area (Å²) in [6, 6.07) is 0. The Kier molecular flexibility index (Phi) is 3.05. The zero-order valence-corrected chi connectivity index (χ0v) is 9.75. The highest BCUT2D eigenvalue weighted by Gasteiger charge is 2.06. The summed E-state index contributed by atoms with van der Waals surface area (Å²) < 4.78 is 5.33. The Morgan fingerprint density at radius 3 is 2.81 bits per heavy atom. The molecule has 0 aliphatic rings. The summed E-state index contributed by atoms with van der Waals surface area (Å²) in [7, 11) is 0. The maximum Gasteiger partial charge on any atom is 0.213 e. The first-order valence-electron chi connectivity index (χ1n) is 4.79. The Bertz CT molecular complexity index is 497. The monoisotopic (exact) mass is 238 g/mol. The van der Waals surface area contributed by atoms with Gasteiger partial charge in [-0.2, -0.15) is 0 Å². The average molecular weight is 239 g/mol. The molecule has 5 nitrogen and oxygen atoms in total. The topological polar surface area (TPSA) is 63.8 Å². The first-order chi connectivity index (χ1) is 7.66. The zero-order chi connectivity index (χ0) is 11.5. The van der Waals surface area contributed by atoms with Crippen LogP contribution in [-0.2, 0) is 6.54 Å². The van der Waals surface area contributed by atoms with Gasteiger partial charge in [-0.15, -0.1) is 0 Å². The van der Waals surface area contributed by atoms with Crippen LogP contribution in [-0.4, -0.2) is 15.0 Å². The van der Waals surface area contributed by atoms with Gasteiger partial charge in [-0.1, -0.05) is 11.6 Å². The summed E-state index contributed by atoms with van der Waals surface area (Å²) in [5, 5.41) is 3.54. The lowest BCUT2D eigenvalue weighted by molar-refractivity contribution is 0.478. The lowest BCUT2D eigenvalue weighted by Crippen LogP contribution is -2.04. The van der Waals surface area contributed by atoms with Crippen LogP contribution >= 0.6 is 11.6 Å². The minimum Gasteiger partial charge on any atom is -0.444 e. The lowest BCUT2D eigenvalue weighted by atomic mass is 10.3. The van der Waals surface area contributed by atoms with Crippen molar-refractivity contribution in [2.75, 3.05) is 5.32 Å². The normalized spacial score (nSPS) is 10.4. The molecular weight excluding hydrogens is 228 g/mol. The van der Waals surface area contributed by atoms with Gasteiger partial charge >= 0.3 is 0 Å². The maximum absolute atomic E-state index is 5.87. The third-order valence-corrected chi connectivity index (χ3v) is 2.48. The summed E-state index contributed by atoms with van der Waals surface area (Å²) in [6.07, 6.45) is 3.09. The second-order valence-electron chi connectivity index (χ2n) is 3.36. The van der Waals surface area contributed by atoms with Crippen molar-refractivity contribution in [1.29, 1.82) is 0 Å². The highest BCUT2D eigenvalue weighted by Crippen LogP contribution is 2.18. The van der Waals surface area contributed by atoms with Crippen LogP contribution in [0.4, 0.5) is 5.82 Å². The van der Waals surface area contributed by atoms with Crippen molar-refractivity contribution in [3.63, 3.8) is 0 Å². The molecule has 2 heterocycles. The van der Waals surface area contributed by atoms with Gasteiger partial charge in [-0.05, 0) is 13.8 Å². The summed E-state index contributed by atoms with van der Waals surface area (Å²) >= 11 is 5.87. The molecular formula is C10H11ClN4O. The average Bonchev–Trinajstić information content (AvgIpc) is 2.67. The molecule has 0 amide bonds. The van der Waals surface area contributed by atoms with E-state index in [2.05, 4.69) is 20.3 Å². The number of aromatic nitrogens is 3. The minimum atomic E-state index is 0.445. The Balaban J connectivity index is 2.07. The van der Waals surface area contributed by atoms with Crippen LogP contribution in [0.5, 0.6) is 0 Å². The highest BCUT2D eigenvalue weighted by molar-refractivity contribution is 6.30. The summed E-state index contributed by atoms with van der Waals surface area (Å²) in [5.41, 5.74) is 0.812. The molecule has 0 bridgehead atoms. The maximum atomic E-state index is 5.87. The van der Waals surface area contributed by atoms with Crippen molar-refractivity contribution in [3.05, 3.63) is 34.9 Å². The fourth-order valence-electron chi connectivity index (χ4n) is 1.25. The molecule has 0 saturated heterocycles. The van der Waals surface area contributed by atoms with Crippen molar-refractivity contribution in [2.24, 2.45) is 0 Å².